The number of piperidine rings is 1. The first-order valence-electron chi connectivity index (χ1n) is 10.7. The van der Waals surface area contributed by atoms with E-state index in [9.17, 15) is 9.59 Å². The van der Waals surface area contributed by atoms with Gasteiger partial charge in [0, 0.05) is 36.7 Å². The van der Waals surface area contributed by atoms with E-state index in [2.05, 4.69) is 5.16 Å². The molecule has 0 atom stereocenters. The molecule has 0 aliphatic carbocycles. The normalized spacial score (nSPS) is 14.4. The van der Waals surface area contributed by atoms with E-state index < -0.39 is 0 Å². The second-order valence-electron chi connectivity index (χ2n) is 7.99. The highest BCUT2D eigenvalue weighted by Gasteiger charge is 2.26. The number of nitrogens with zero attached hydrogens (tertiary/aromatic N) is 2. The molecule has 0 unspecified atom stereocenters. The third-order valence-corrected chi connectivity index (χ3v) is 6.26. The highest BCUT2D eigenvalue weighted by Crippen LogP contribution is 2.28. The van der Waals surface area contributed by atoms with E-state index in [1.54, 1.807) is 29.2 Å². The lowest BCUT2D eigenvalue weighted by Gasteiger charge is -2.31. The quantitative estimate of drug-likeness (QED) is 0.441. The molecule has 0 radical (unpaired) electrons. The van der Waals surface area contributed by atoms with Crippen LogP contribution in [0.1, 0.15) is 46.6 Å². The van der Waals surface area contributed by atoms with Gasteiger partial charge in [0.05, 0.1) is 12.1 Å². The molecule has 4 rings (SSSR count). The first-order valence-corrected chi connectivity index (χ1v) is 11.1. The monoisotopic (exact) mass is 452 g/mol. The van der Waals surface area contributed by atoms with E-state index in [0.29, 0.717) is 47.5 Å². The fraction of sp³-hybridized carbons (Fsp3) is 0.320. The first-order chi connectivity index (χ1) is 15.5. The maximum Gasteiger partial charge on any atom is 0.292 e. The summed E-state index contributed by atoms with van der Waals surface area (Å²) in [5.74, 6) is 1.11. The van der Waals surface area contributed by atoms with Gasteiger partial charge in [-0.3, -0.25) is 9.59 Å². The average Bonchev–Trinajstić information content (AvgIpc) is 3.34. The van der Waals surface area contributed by atoms with Gasteiger partial charge in [0.15, 0.2) is 5.78 Å². The molecule has 0 N–H and O–H groups in total. The van der Waals surface area contributed by atoms with Crippen LogP contribution >= 0.6 is 11.6 Å². The van der Waals surface area contributed by atoms with Gasteiger partial charge < -0.3 is 14.2 Å². The number of aromatic nitrogens is 1. The summed E-state index contributed by atoms with van der Waals surface area (Å²) in [6, 6.07) is 16.4. The number of hydrogen-bond acceptors (Lipinski definition) is 5. The zero-order valence-corrected chi connectivity index (χ0v) is 18.7. The second kappa shape index (κ2) is 10.0. The Morgan fingerprint density at radius 3 is 2.59 bits per heavy atom. The maximum absolute atomic E-state index is 12.8. The topological polar surface area (TPSA) is 72.6 Å². The van der Waals surface area contributed by atoms with Gasteiger partial charge in [-0.2, -0.15) is 0 Å². The average molecular weight is 453 g/mol. The minimum atomic E-state index is -0.137. The lowest BCUT2D eigenvalue weighted by atomic mass is 9.90. The Morgan fingerprint density at radius 2 is 1.88 bits per heavy atom. The smallest absolute Gasteiger partial charge is 0.292 e. The van der Waals surface area contributed by atoms with Gasteiger partial charge >= 0.3 is 0 Å². The van der Waals surface area contributed by atoms with Crippen LogP contribution in [0.4, 0.5) is 0 Å². The number of amides is 1. The van der Waals surface area contributed by atoms with Crippen molar-refractivity contribution in [2.75, 3.05) is 20.2 Å². The summed E-state index contributed by atoms with van der Waals surface area (Å²) in [5, 5.41) is 4.53. The van der Waals surface area contributed by atoms with Crippen LogP contribution in [0.3, 0.4) is 0 Å². The Balaban J connectivity index is 1.27. The summed E-state index contributed by atoms with van der Waals surface area (Å²) in [6.45, 7) is 1.29. The Morgan fingerprint density at radius 1 is 1.12 bits per heavy atom. The van der Waals surface area contributed by atoms with Gasteiger partial charge in [-0.1, -0.05) is 47.1 Å². The standard InChI is InChI=1S/C25H25ClN2O4/c1-31-23-15-19(8-9-20(23)26)22(29)10-7-17-11-13-28(14-12-17)25(30)24-16-21(27-32-24)18-5-3-2-4-6-18/h2-6,8-9,15-17H,7,10-14H2,1H3. The van der Waals surface area contributed by atoms with E-state index in [-0.39, 0.29) is 17.5 Å². The van der Waals surface area contributed by atoms with Crippen molar-refractivity contribution in [2.45, 2.75) is 25.7 Å². The van der Waals surface area contributed by atoms with E-state index in [0.717, 1.165) is 24.8 Å². The van der Waals surface area contributed by atoms with Crippen LogP contribution < -0.4 is 4.74 Å². The van der Waals surface area contributed by atoms with Crippen LogP contribution in [0.2, 0.25) is 5.02 Å². The number of hydrogen-bond donors (Lipinski definition) is 0. The third kappa shape index (κ3) is 5.02. The minimum absolute atomic E-state index is 0.0774. The molecule has 1 aliphatic heterocycles. The van der Waals surface area contributed by atoms with Crippen molar-refractivity contribution in [1.29, 1.82) is 0 Å². The lowest BCUT2D eigenvalue weighted by molar-refractivity contribution is 0.0640. The molecule has 2 heterocycles. The van der Waals surface area contributed by atoms with Crippen LogP contribution in [0.15, 0.2) is 59.1 Å². The molecule has 166 valence electrons. The van der Waals surface area contributed by atoms with Crippen LogP contribution in [-0.2, 0) is 0 Å². The van der Waals surface area contributed by atoms with E-state index in [1.807, 2.05) is 30.3 Å². The van der Waals surface area contributed by atoms with E-state index in [4.69, 9.17) is 20.9 Å². The third-order valence-electron chi connectivity index (χ3n) is 5.94. The number of rotatable bonds is 7. The number of carbonyl (C=O) groups is 2. The van der Waals surface area contributed by atoms with Crippen LogP contribution in [-0.4, -0.2) is 41.9 Å². The summed E-state index contributed by atoms with van der Waals surface area (Å²) in [5.41, 5.74) is 2.18. The lowest BCUT2D eigenvalue weighted by Crippen LogP contribution is -2.38. The summed E-state index contributed by atoms with van der Waals surface area (Å²) >= 11 is 6.04. The number of methoxy groups -OCH3 is 1. The molecule has 2 aromatic carbocycles. The molecule has 1 amide bonds. The van der Waals surface area contributed by atoms with Crippen molar-refractivity contribution in [3.8, 4) is 17.0 Å². The zero-order valence-electron chi connectivity index (χ0n) is 17.9. The predicted molar refractivity (Wildman–Crippen MR) is 122 cm³/mol. The summed E-state index contributed by atoms with van der Waals surface area (Å²) in [4.78, 5) is 27.2. The highest BCUT2D eigenvalue weighted by molar-refractivity contribution is 6.32. The number of likely N-dealkylation sites (tertiary alicyclic amines) is 1. The van der Waals surface area contributed by atoms with E-state index in [1.165, 1.54) is 7.11 Å². The summed E-state index contributed by atoms with van der Waals surface area (Å²) in [6.07, 6.45) is 2.99. The van der Waals surface area contributed by atoms with Gasteiger partial charge in [-0.05, 0) is 43.4 Å². The number of ketones is 1. The van der Waals surface area contributed by atoms with Crippen molar-refractivity contribution < 1.29 is 18.8 Å². The molecule has 6 nitrogen and oxygen atoms in total. The largest absolute Gasteiger partial charge is 0.495 e. The molecule has 1 aromatic heterocycles. The van der Waals surface area contributed by atoms with Crippen molar-refractivity contribution in [2.24, 2.45) is 5.92 Å². The molecular formula is C25H25ClN2O4. The molecule has 0 bridgehead atoms. The minimum Gasteiger partial charge on any atom is -0.495 e. The molecule has 1 saturated heterocycles. The second-order valence-corrected chi connectivity index (χ2v) is 8.40. The number of halogens is 1. The Labute approximate surface area is 192 Å². The molecule has 7 heteroatoms. The van der Waals surface area contributed by atoms with Gasteiger partial charge in [0.2, 0.25) is 5.76 Å². The van der Waals surface area contributed by atoms with Crippen LogP contribution in [0, 0.1) is 5.92 Å². The van der Waals surface area contributed by atoms with Crippen molar-refractivity contribution in [3.05, 3.63) is 70.9 Å². The van der Waals surface area contributed by atoms with Gasteiger partial charge in [0.25, 0.3) is 5.91 Å². The predicted octanol–water partition coefficient (Wildman–Crippen LogP) is 5.52. The number of Topliss-reactive ketones (excluding diaryl/α,β-unsaturated/α-hetero) is 1. The fourth-order valence-electron chi connectivity index (χ4n) is 4.01. The van der Waals surface area contributed by atoms with Crippen molar-refractivity contribution in [3.63, 3.8) is 0 Å². The Bertz CT molecular complexity index is 1090. The summed E-state index contributed by atoms with van der Waals surface area (Å²) < 4.78 is 10.5. The maximum atomic E-state index is 12.8. The fourth-order valence-corrected chi connectivity index (χ4v) is 4.21. The molecule has 3 aromatic rings. The highest BCUT2D eigenvalue weighted by atomic mass is 35.5. The SMILES string of the molecule is COc1cc(C(=O)CCC2CCN(C(=O)c3cc(-c4ccccc4)no3)CC2)ccc1Cl. The molecule has 0 spiro atoms. The molecular weight excluding hydrogens is 428 g/mol. The van der Waals surface area contributed by atoms with Crippen LogP contribution in [0.5, 0.6) is 5.75 Å². The Hall–Kier alpha value is -3.12. The van der Waals surface area contributed by atoms with Gasteiger partial charge in [-0.25, -0.2) is 0 Å². The van der Waals surface area contributed by atoms with Gasteiger partial charge in [-0.15, -0.1) is 0 Å². The molecule has 0 saturated carbocycles. The Kier molecular flexibility index (Phi) is 6.90. The molecule has 1 fully saturated rings. The summed E-state index contributed by atoms with van der Waals surface area (Å²) in [7, 11) is 1.53. The van der Waals surface area contributed by atoms with Crippen molar-refractivity contribution in [1.82, 2.24) is 10.1 Å². The van der Waals surface area contributed by atoms with E-state index >= 15 is 0 Å². The van der Waals surface area contributed by atoms with Crippen LogP contribution in [0.25, 0.3) is 11.3 Å². The molecule has 32 heavy (non-hydrogen) atoms. The van der Waals surface area contributed by atoms with Crippen molar-refractivity contribution >= 4 is 23.3 Å². The number of ether oxygens (including phenoxy) is 1. The number of carbonyl (C=O) groups excluding carboxylic acids is 2. The first kappa shape index (κ1) is 22.1. The molecule has 1 aliphatic rings. The zero-order chi connectivity index (χ0) is 22.5. The van der Waals surface area contributed by atoms with Gasteiger partial charge in [0.1, 0.15) is 11.4 Å². The number of benzene rings is 2.